The smallest absolute Gasteiger partial charge is 0.161 e. The fraction of sp³-hybridized carbons (Fsp3) is 0.333. The highest BCUT2D eigenvalue weighted by atomic mass is 16.5. The average molecular weight is 232 g/mol. The molecule has 0 N–H and O–H groups in total. The summed E-state index contributed by atoms with van der Waals surface area (Å²) in [6.45, 7) is 8.39. The van der Waals surface area contributed by atoms with E-state index in [1.54, 1.807) is 7.11 Å². The summed E-state index contributed by atoms with van der Waals surface area (Å²) >= 11 is 0. The van der Waals surface area contributed by atoms with Crippen molar-refractivity contribution in [3.8, 4) is 11.5 Å². The molecule has 0 unspecified atom stereocenters. The first kappa shape index (κ1) is 13.4. The maximum Gasteiger partial charge on any atom is 0.161 e. The third-order valence-corrected chi connectivity index (χ3v) is 2.34. The van der Waals surface area contributed by atoms with E-state index >= 15 is 0 Å². The molecule has 2 nitrogen and oxygen atoms in total. The lowest BCUT2D eigenvalue weighted by Gasteiger charge is -2.10. The number of benzene rings is 1. The van der Waals surface area contributed by atoms with Crippen molar-refractivity contribution in [3.63, 3.8) is 0 Å². The second-order valence-electron chi connectivity index (χ2n) is 4.07. The van der Waals surface area contributed by atoms with Gasteiger partial charge in [0.1, 0.15) is 6.61 Å². The molecule has 0 spiro atoms. The molecule has 1 rings (SSSR count). The minimum Gasteiger partial charge on any atom is -0.493 e. The maximum atomic E-state index is 5.64. The van der Waals surface area contributed by atoms with Crippen molar-refractivity contribution in [2.45, 2.75) is 20.3 Å². The van der Waals surface area contributed by atoms with Crippen LogP contribution in [-0.2, 0) is 6.42 Å². The number of rotatable bonds is 6. The summed E-state index contributed by atoms with van der Waals surface area (Å²) in [6, 6.07) is 5.96. The molecule has 0 atom stereocenters. The topological polar surface area (TPSA) is 18.5 Å². The third-order valence-electron chi connectivity index (χ3n) is 2.34. The Morgan fingerprint density at radius 2 is 2.06 bits per heavy atom. The van der Waals surface area contributed by atoms with Crippen molar-refractivity contribution in [3.05, 3.63) is 48.1 Å². The summed E-state index contributed by atoms with van der Waals surface area (Å²) in [4.78, 5) is 0. The Balaban J connectivity index is 2.77. The molecule has 0 saturated heterocycles. The van der Waals surface area contributed by atoms with E-state index in [1.807, 2.05) is 44.2 Å². The molecular weight excluding hydrogens is 212 g/mol. The lowest BCUT2D eigenvalue weighted by molar-refractivity contribution is 0.325. The van der Waals surface area contributed by atoms with Crippen LogP contribution in [0.3, 0.4) is 0 Å². The van der Waals surface area contributed by atoms with E-state index in [0.717, 1.165) is 17.9 Å². The molecule has 0 aliphatic carbocycles. The molecule has 0 aromatic heterocycles. The maximum absolute atomic E-state index is 5.64. The highest BCUT2D eigenvalue weighted by molar-refractivity contribution is 5.43. The normalized spacial score (nSPS) is 9.59. The zero-order chi connectivity index (χ0) is 12.7. The van der Waals surface area contributed by atoms with Gasteiger partial charge in [-0.25, -0.2) is 0 Å². The second kappa shape index (κ2) is 6.79. The van der Waals surface area contributed by atoms with Crippen molar-refractivity contribution >= 4 is 0 Å². The van der Waals surface area contributed by atoms with Gasteiger partial charge in [0, 0.05) is 0 Å². The number of hydrogen-bond acceptors (Lipinski definition) is 2. The lowest BCUT2D eigenvalue weighted by Crippen LogP contribution is -1.97. The zero-order valence-corrected chi connectivity index (χ0v) is 10.8. The summed E-state index contributed by atoms with van der Waals surface area (Å²) < 4.78 is 11.0. The van der Waals surface area contributed by atoms with Gasteiger partial charge < -0.3 is 9.47 Å². The SMILES string of the molecule is C=CCc1ccc(OCC=C(C)C)c(OC)c1. The van der Waals surface area contributed by atoms with Crippen LogP contribution in [0.4, 0.5) is 0 Å². The molecule has 0 aliphatic heterocycles. The average Bonchev–Trinajstić information content (AvgIpc) is 2.30. The highest BCUT2D eigenvalue weighted by Gasteiger charge is 2.04. The Morgan fingerprint density at radius 1 is 1.29 bits per heavy atom. The van der Waals surface area contributed by atoms with E-state index in [4.69, 9.17) is 9.47 Å². The fourth-order valence-corrected chi connectivity index (χ4v) is 1.42. The second-order valence-corrected chi connectivity index (χ2v) is 4.07. The predicted molar refractivity (Wildman–Crippen MR) is 71.8 cm³/mol. The van der Waals surface area contributed by atoms with E-state index < -0.39 is 0 Å². The fourth-order valence-electron chi connectivity index (χ4n) is 1.42. The van der Waals surface area contributed by atoms with Crippen LogP contribution in [0.25, 0.3) is 0 Å². The van der Waals surface area contributed by atoms with Gasteiger partial charge in [-0.15, -0.1) is 6.58 Å². The standard InChI is InChI=1S/C15H20O2/c1-5-6-13-7-8-14(15(11-13)16-4)17-10-9-12(2)3/h5,7-9,11H,1,6,10H2,2-4H3. The predicted octanol–water partition coefficient (Wildman–Crippen LogP) is 3.77. The quantitative estimate of drug-likeness (QED) is 0.695. The molecular formula is C15H20O2. The molecule has 0 bridgehead atoms. The molecule has 2 heteroatoms. The Kier molecular flexibility index (Phi) is 5.34. The van der Waals surface area contributed by atoms with Crippen LogP contribution in [0.5, 0.6) is 11.5 Å². The highest BCUT2D eigenvalue weighted by Crippen LogP contribution is 2.28. The summed E-state index contributed by atoms with van der Waals surface area (Å²) in [7, 11) is 1.65. The van der Waals surface area contributed by atoms with Crippen molar-refractivity contribution in [2.75, 3.05) is 13.7 Å². The summed E-state index contributed by atoms with van der Waals surface area (Å²) in [6.07, 6.45) is 4.75. The van der Waals surface area contributed by atoms with Crippen LogP contribution < -0.4 is 9.47 Å². The van der Waals surface area contributed by atoms with Crippen LogP contribution in [0.2, 0.25) is 0 Å². The first-order valence-electron chi connectivity index (χ1n) is 5.71. The first-order chi connectivity index (χ1) is 8.17. The van der Waals surface area contributed by atoms with Crippen LogP contribution in [0.1, 0.15) is 19.4 Å². The molecule has 0 aliphatic rings. The molecule has 1 aromatic carbocycles. The summed E-state index contributed by atoms with van der Waals surface area (Å²) in [5, 5.41) is 0. The lowest BCUT2D eigenvalue weighted by atomic mass is 10.1. The van der Waals surface area contributed by atoms with Crippen molar-refractivity contribution in [1.82, 2.24) is 0 Å². The molecule has 0 saturated carbocycles. The molecule has 92 valence electrons. The van der Waals surface area contributed by atoms with Gasteiger partial charge in [0.05, 0.1) is 7.11 Å². The molecule has 0 radical (unpaired) electrons. The minimum absolute atomic E-state index is 0.569. The van der Waals surface area contributed by atoms with Gasteiger partial charge in [0.2, 0.25) is 0 Å². The minimum atomic E-state index is 0.569. The van der Waals surface area contributed by atoms with Gasteiger partial charge in [-0.3, -0.25) is 0 Å². The van der Waals surface area contributed by atoms with E-state index in [9.17, 15) is 0 Å². The Hall–Kier alpha value is -1.70. The summed E-state index contributed by atoms with van der Waals surface area (Å²) in [5.41, 5.74) is 2.42. The molecule has 0 amide bonds. The largest absolute Gasteiger partial charge is 0.493 e. The first-order valence-corrected chi connectivity index (χ1v) is 5.71. The molecule has 0 fully saturated rings. The van der Waals surface area contributed by atoms with Crippen molar-refractivity contribution < 1.29 is 9.47 Å². The van der Waals surface area contributed by atoms with Crippen LogP contribution in [-0.4, -0.2) is 13.7 Å². The molecule has 1 aromatic rings. The molecule has 0 heterocycles. The van der Waals surface area contributed by atoms with Crippen LogP contribution in [0, 0.1) is 0 Å². The van der Waals surface area contributed by atoms with Gasteiger partial charge in [0.25, 0.3) is 0 Å². The van der Waals surface area contributed by atoms with E-state index in [2.05, 4.69) is 6.58 Å². The van der Waals surface area contributed by atoms with E-state index in [1.165, 1.54) is 11.1 Å². The van der Waals surface area contributed by atoms with Gasteiger partial charge in [0.15, 0.2) is 11.5 Å². The number of ether oxygens (including phenoxy) is 2. The Morgan fingerprint density at radius 3 is 2.65 bits per heavy atom. The Labute approximate surface area is 104 Å². The van der Waals surface area contributed by atoms with Gasteiger partial charge in [-0.05, 0) is 44.0 Å². The number of methoxy groups -OCH3 is 1. The summed E-state index contributed by atoms with van der Waals surface area (Å²) in [5.74, 6) is 1.55. The van der Waals surface area contributed by atoms with Crippen molar-refractivity contribution in [1.29, 1.82) is 0 Å². The third kappa shape index (κ3) is 4.35. The van der Waals surface area contributed by atoms with E-state index in [0.29, 0.717) is 6.61 Å². The number of allylic oxidation sites excluding steroid dienone is 2. The monoisotopic (exact) mass is 232 g/mol. The van der Waals surface area contributed by atoms with Gasteiger partial charge in [-0.2, -0.15) is 0 Å². The van der Waals surface area contributed by atoms with Crippen molar-refractivity contribution in [2.24, 2.45) is 0 Å². The van der Waals surface area contributed by atoms with Gasteiger partial charge in [-0.1, -0.05) is 17.7 Å². The Bertz CT molecular complexity index is 401. The van der Waals surface area contributed by atoms with Crippen LogP contribution >= 0.6 is 0 Å². The molecule has 17 heavy (non-hydrogen) atoms. The van der Waals surface area contributed by atoms with Gasteiger partial charge >= 0.3 is 0 Å². The van der Waals surface area contributed by atoms with Crippen LogP contribution in [0.15, 0.2) is 42.5 Å². The number of hydrogen-bond donors (Lipinski definition) is 0. The zero-order valence-electron chi connectivity index (χ0n) is 10.8. The van der Waals surface area contributed by atoms with E-state index in [-0.39, 0.29) is 0 Å².